The summed E-state index contributed by atoms with van der Waals surface area (Å²) in [6, 6.07) is 6.49. The Morgan fingerprint density at radius 1 is 1.42 bits per heavy atom. The second kappa shape index (κ2) is 7.69. The van der Waals surface area contributed by atoms with Crippen LogP contribution in [0.15, 0.2) is 24.4 Å². The largest absolute Gasteiger partial charge is 0.323 e. The number of pyridine rings is 1. The maximum absolute atomic E-state index is 8.81. The lowest BCUT2D eigenvalue weighted by atomic mass is 10.1. The average molecular weight is 261 g/mol. The maximum atomic E-state index is 8.81. The van der Waals surface area contributed by atoms with E-state index >= 15 is 0 Å². The molecule has 0 aliphatic heterocycles. The number of nitrogens with zero attached hydrogens (tertiary/aromatic N) is 2. The molecule has 2 aromatic rings. The molecular weight excluding hydrogens is 238 g/mol. The summed E-state index contributed by atoms with van der Waals surface area (Å²) >= 11 is 0. The number of rotatable bonds is 1. The van der Waals surface area contributed by atoms with Gasteiger partial charge in [-0.25, -0.2) is 4.52 Å². The molecule has 0 spiro atoms. The second-order valence-electron chi connectivity index (χ2n) is 4.59. The van der Waals surface area contributed by atoms with Crippen molar-refractivity contribution in [3.63, 3.8) is 0 Å². The van der Waals surface area contributed by atoms with Crippen LogP contribution in [0.2, 0.25) is 0 Å². The predicted molar refractivity (Wildman–Crippen MR) is 78.6 cm³/mol. The van der Waals surface area contributed by atoms with Gasteiger partial charge >= 0.3 is 0 Å². The van der Waals surface area contributed by atoms with Gasteiger partial charge in [0.2, 0.25) is 0 Å². The highest BCUT2D eigenvalue weighted by Crippen LogP contribution is 2.41. The lowest BCUT2D eigenvalue weighted by Gasteiger charge is -1.99. The van der Waals surface area contributed by atoms with Gasteiger partial charge < -0.3 is 10.1 Å². The highest BCUT2D eigenvalue weighted by atomic mass is 16.1. The van der Waals surface area contributed by atoms with E-state index in [4.69, 9.17) is 4.79 Å². The zero-order valence-electron chi connectivity index (χ0n) is 12.2. The van der Waals surface area contributed by atoms with Crippen LogP contribution in [0.1, 0.15) is 36.9 Å². The summed E-state index contributed by atoms with van der Waals surface area (Å²) in [5.41, 5.74) is 3.87. The van der Waals surface area contributed by atoms with Crippen molar-refractivity contribution in [1.29, 1.82) is 0 Å². The summed E-state index contributed by atoms with van der Waals surface area (Å²) < 4.78 is 1.99. The molecule has 0 amide bonds. The van der Waals surface area contributed by atoms with Crippen LogP contribution >= 0.6 is 0 Å². The summed E-state index contributed by atoms with van der Waals surface area (Å²) in [5.74, 6) is 0.805. The van der Waals surface area contributed by atoms with Crippen molar-refractivity contribution in [2.45, 2.75) is 32.6 Å². The van der Waals surface area contributed by atoms with Crippen molar-refractivity contribution in [1.82, 2.24) is 14.9 Å². The number of hydrogen-bond acceptors (Lipinski definition) is 3. The Morgan fingerprint density at radius 3 is 2.53 bits per heavy atom. The molecule has 1 aliphatic carbocycles. The van der Waals surface area contributed by atoms with E-state index in [1.165, 1.54) is 30.8 Å². The van der Waals surface area contributed by atoms with Gasteiger partial charge in [0, 0.05) is 6.20 Å². The van der Waals surface area contributed by atoms with Crippen LogP contribution < -0.4 is 5.32 Å². The van der Waals surface area contributed by atoms with Crippen LogP contribution in [0.4, 0.5) is 0 Å². The molecule has 1 saturated carbocycles. The minimum absolute atomic E-state index is 0.750. The van der Waals surface area contributed by atoms with E-state index < -0.39 is 0 Å². The van der Waals surface area contributed by atoms with Crippen LogP contribution in [0.5, 0.6) is 0 Å². The van der Waals surface area contributed by atoms with Crippen molar-refractivity contribution in [2.24, 2.45) is 0 Å². The molecule has 4 nitrogen and oxygen atoms in total. The lowest BCUT2D eigenvalue weighted by molar-refractivity contribution is -0.106. The average Bonchev–Trinajstić information content (AvgIpc) is 3.12. The van der Waals surface area contributed by atoms with E-state index in [1.54, 1.807) is 0 Å². The van der Waals surface area contributed by atoms with Crippen LogP contribution in [-0.4, -0.2) is 30.0 Å². The van der Waals surface area contributed by atoms with Gasteiger partial charge in [-0.1, -0.05) is 6.07 Å². The molecule has 104 valence electrons. The number of nitrogens with one attached hydrogen (secondary N) is 1. The summed E-state index contributed by atoms with van der Waals surface area (Å²) in [6.45, 7) is 3.49. The first-order valence-corrected chi connectivity index (χ1v) is 6.61. The molecule has 0 bridgehead atoms. The Balaban J connectivity index is 0.000000261. The fourth-order valence-electron chi connectivity index (χ4n) is 1.90. The highest BCUT2D eigenvalue weighted by Gasteiger charge is 2.25. The lowest BCUT2D eigenvalue weighted by Crippen LogP contribution is -1.89. The zero-order valence-corrected chi connectivity index (χ0v) is 12.2. The normalized spacial score (nSPS) is 13.1. The van der Waals surface area contributed by atoms with E-state index in [9.17, 15) is 0 Å². The second-order valence-corrected chi connectivity index (χ2v) is 4.59. The minimum Gasteiger partial charge on any atom is -0.323 e. The van der Waals surface area contributed by atoms with Gasteiger partial charge in [-0.05, 0) is 64.4 Å². The van der Waals surface area contributed by atoms with Gasteiger partial charge in [0.25, 0.3) is 0 Å². The number of hydrogen-bond donors (Lipinski definition) is 1. The molecule has 0 aromatic carbocycles. The Morgan fingerprint density at radius 2 is 2.00 bits per heavy atom. The first-order valence-electron chi connectivity index (χ1n) is 6.61. The fourth-order valence-corrected chi connectivity index (χ4v) is 1.90. The van der Waals surface area contributed by atoms with Crippen molar-refractivity contribution in [3.8, 4) is 0 Å². The molecular formula is C15H23N3O. The summed E-state index contributed by atoms with van der Waals surface area (Å²) in [5, 5.41) is 7.15. The van der Waals surface area contributed by atoms with Gasteiger partial charge in [0.1, 0.15) is 6.29 Å². The molecule has 4 heteroatoms. The molecule has 1 aliphatic rings. The summed E-state index contributed by atoms with van der Waals surface area (Å²) in [6.07, 6.45) is 5.47. The Hall–Kier alpha value is -1.68. The van der Waals surface area contributed by atoms with Crippen molar-refractivity contribution in [2.75, 3.05) is 14.1 Å². The molecule has 2 heterocycles. The standard InChI is InChI=1S/C11H12N2.C2H7N.C2H4O/c1-8-7-11-10(9-4-5-9)3-2-6-13(11)12-8;1-3-2;1-2-3/h2-3,6-7,9H,4-5H2,1H3;3H,1-2H3;2H,1H3. The van der Waals surface area contributed by atoms with Crippen molar-refractivity contribution in [3.05, 3.63) is 35.7 Å². The fraction of sp³-hybridized carbons (Fsp3) is 0.467. The van der Waals surface area contributed by atoms with E-state index in [0.29, 0.717) is 0 Å². The molecule has 0 atom stereocenters. The minimum atomic E-state index is 0.750. The number of carbonyl (C=O) groups is 1. The van der Waals surface area contributed by atoms with E-state index in [2.05, 4.69) is 28.6 Å². The third kappa shape index (κ3) is 4.48. The smallest absolute Gasteiger partial charge is 0.116 e. The van der Waals surface area contributed by atoms with Crippen LogP contribution in [0.3, 0.4) is 0 Å². The van der Waals surface area contributed by atoms with Crippen LogP contribution in [0, 0.1) is 6.92 Å². The van der Waals surface area contributed by atoms with Crippen LogP contribution in [-0.2, 0) is 4.79 Å². The van der Waals surface area contributed by atoms with Gasteiger partial charge in [-0.15, -0.1) is 0 Å². The quantitative estimate of drug-likeness (QED) is 0.803. The first-order chi connectivity index (χ1) is 9.17. The maximum Gasteiger partial charge on any atom is 0.116 e. The highest BCUT2D eigenvalue weighted by molar-refractivity contribution is 5.57. The molecule has 0 saturated heterocycles. The molecule has 0 radical (unpaired) electrons. The number of aldehydes is 1. The Kier molecular flexibility index (Phi) is 6.22. The van der Waals surface area contributed by atoms with Crippen molar-refractivity contribution >= 4 is 11.8 Å². The van der Waals surface area contributed by atoms with Gasteiger partial charge in [0.15, 0.2) is 0 Å². The Labute approximate surface area is 114 Å². The number of aryl methyl sites for hydroxylation is 1. The molecule has 1 N–H and O–H groups in total. The Bertz CT molecular complexity index is 515. The van der Waals surface area contributed by atoms with Gasteiger partial charge in [-0.3, -0.25) is 0 Å². The van der Waals surface area contributed by atoms with Gasteiger partial charge in [-0.2, -0.15) is 5.10 Å². The third-order valence-electron chi connectivity index (χ3n) is 2.67. The molecule has 3 rings (SSSR count). The van der Waals surface area contributed by atoms with E-state index in [1.807, 2.05) is 31.7 Å². The topological polar surface area (TPSA) is 46.4 Å². The van der Waals surface area contributed by atoms with Crippen molar-refractivity contribution < 1.29 is 4.79 Å². The van der Waals surface area contributed by atoms with E-state index in [-0.39, 0.29) is 0 Å². The molecule has 19 heavy (non-hydrogen) atoms. The number of fused-ring (bicyclic) bond motifs is 1. The summed E-state index contributed by atoms with van der Waals surface area (Å²) in [4.78, 5) is 8.81. The monoisotopic (exact) mass is 261 g/mol. The molecule has 2 aromatic heterocycles. The SMILES string of the molecule is CC=O.CNC.Cc1cc2c(C3CC3)cccn2n1. The van der Waals surface area contributed by atoms with Gasteiger partial charge in [0.05, 0.1) is 11.2 Å². The zero-order chi connectivity index (χ0) is 14.3. The number of aromatic nitrogens is 2. The van der Waals surface area contributed by atoms with E-state index in [0.717, 1.165) is 17.9 Å². The molecule has 0 unspecified atom stereocenters. The predicted octanol–water partition coefficient (Wildman–Crippen LogP) is 2.56. The third-order valence-corrected chi connectivity index (χ3v) is 2.67. The summed E-state index contributed by atoms with van der Waals surface area (Å²) in [7, 11) is 3.75. The first kappa shape index (κ1) is 15.4. The van der Waals surface area contributed by atoms with Crippen LogP contribution in [0.25, 0.3) is 5.52 Å². The molecule has 1 fully saturated rings. The number of carbonyl (C=O) groups excluding carboxylic acids is 1.